The average molecular weight is 345 g/mol. The SMILES string of the molecule is Cc1cc2sc(N3C(=O)[C@@H]4[C@@H](C3=O)[C@H]3C=C[C@@H]4C3)nc2cc1Cl. The molecular formula is C17H13ClN2O2S. The van der Waals surface area contributed by atoms with E-state index in [1.54, 1.807) is 6.07 Å². The number of allylic oxidation sites excluding steroid dienone is 2. The first-order valence-electron chi connectivity index (χ1n) is 7.67. The molecule has 1 aromatic carbocycles. The van der Waals surface area contributed by atoms with E-state index in [4.69, 9.17) is 11.6 Å². The Balaban J connectivity index is 1.60. The van der Waals surface area contributed by atoms with Crippen LogP contribution in [0.4, 0.5) is 5.13 Å². The van der Waals surface area contributed by atoms with Crippen molar-refractivity contribution in [3.63, 3.8) is 0 Å². The fraction of sp³-hybridized carbons (Fsp3) is 0.353. The number of carbonyl (C=O) groups excluding carboxylic acids is 2. The zero-order chi connectivity index (χ0) is 15.9. The lowest BCUT2D eigenvalue weighted by Gasteiger charge is -2.14. The molecule has 1 saturated carbocycles. The zero-order valence-electron chi connectivity index (χ0n) is 12.3. The largest absolute Gasteiger partial charge is 0.274 e. The lowest BCUT2D eigenvalue weighted by atomic mass is 9.85. The van der Waals surface area contributed by atoms with Gasteiger partial charge in [0.15, 0.2) is 5.13 Å². The third kappa shape index (κ3) is 1.69. The Morgan fingerprint density at radius 3 is 2.48 bits per heavy atom. The summed E-state index contributed by atoms with van der Waals surface area (Å²) in [6, 6.07) is 3.75. The highest BCUT2D eigenvalue weighted by Gasteiger charge is 2.60. The van der Waals surface area contributed by atoms with E-state index in [9.17, 15) is 9.59 Å². The molecule has 1 aliphatic heterocycles. The smallest absolute Gasteiger partial charge is 0.240 e. The highest BCUT2D eigenvalue weighted by molar-refractivity contribution is 7.22. The van der Waals surface area contributed by atoms with Gasteiger partial charge in [-0.25, -0.2) is 9.88 Å². The number of aryl methyl sites for hydroxylation is 1. The molecule has 0 radical (unpaired) electrons. The van der Waals surface area contributed by atoms with Gasteiger partial charge in [-0.15, -0.1) is 0 Å². The second kappa shape index (κ2) is 4.42. The number of anilines is 1. The number of halogens is 1. The van der Waals surface area contributed by atoms with Crippen LogP contribution in [0, 0.1) is 30.6 Å². The monoisotopic (exact) mass is 344 g/mol. The number of rotatable bonds is 1. The maximum Gasteiger partial charge on any atom is 0.240 e. The Morgan fingerprint density at radius 1 is 1.17 bits per heavy atom. The van der Waals surface area contributed by atoms with E-state index in [0.717, 1.165) is 22.2 Å². The number of fused-ring (bicyclic) bond motifs is 6. The van der Waals surface area contributed by atoms with E-state index in [1.807, 2.05) is 13.0 Å². The van der Waals surface area contributed by atoms with Gasteiger partial charge in [-0.2, -0.15) is 0 Å². The van der Waals surface area contributed by atoms with Crippen LogP contribution in [-0.4, -0.2) is 16.8 Å². The molecule has 2 amide bonds. The molecule has 2 bridgehead atoms. The average Bonchev–Trinajstić information content (AvgIpc) is 3.24. The fourth-order valence-electron chi connectivity index (χ4n) is 4.22. The molecule has 2 heterocycles. The minimum atomic E-state index is -0.185. The number of hydrogen-bond donors (Lipinski definition) is 0. The summed E-state index contributed by atoms with van der Waals surface area (Å²) in [6.07, 6.45) is 5.14. The Kier molecular flexibility index (Phi) is 2.63. The van der Waals surface area contributed by atoms with Crippen LogP contribution in [0.2, 0.25) is 5.02 Å². The molecule has 3 aliphatic rings. The van der Waals surface area contributed by atoms with Crippen molar-refractivity contribution in [2.75, 3.05) is 4.90 Å². The predicted octanol–water partition coefficient (Wildman–Crippen LogP) is 3.57. The number of hydrogen-bond acceptors (Lipinski definition) is 4. The lowest BCUT2D eigenvalue weighted by Crippen LogP contribution is -2.32. The zero-order valence-corrected chi connectivity index (χ0v) is 13.9. The van der Waals surface area contributed by atoms with Crippen molar-refractivity contribution >= 4 is 50.1 Å². The van der Waals surface area contributed by atoms with Gasteiger partial charge in [0.05, 0.1) is 22.1 Å². The molecule has 0 spiro atoms. The Labute approximate surface area is 141 Å². The minimum Gasteiger partial charge on any atom is -0.274 e. The van der Waals surface area contributed by atoms with Gasteiger partial charge >= 0.3 is 0 Å². The van der Waals surface area contributed by atoms with Gasteiger partial charge in [0.1, 0.15) is 0 Å². The molecule has 23 heavy (non-hydrogen) atoms. The first-order valence-corrected chi connectivity index (χ1v) is 8.87. The van der Waals surface area contributed by atoms with Crippen molar-refractivity contribution in [3.8, 4) is 0 Å². The highest BCUT2D eigenvalue weighted by Crippen LogP contribution is 2.53. The van der Waals surface area contributed by atoms with Gasteiger partial charge in [-0.1, -0.05) is 35.1 Å². The number of benzene rings is 1. The van der Waals surface area contributed by atoms with Gasteiger partial charge in [0.25, 0.3) is 0 Å². The molecule has 2 aromatic rings. The third-order valence-electron chi connectivity index (χ3n) is 5.32. The maximum absolute atomic E-state index is 12.8. The number of thiazole rings is 1. The summed E-state index contributed by atoms with van der Waals surface area (Å²) in [5.41, 5.74) is 1.70. The van der Waals surface area contributed by atoms with Gasteiger partial charge in [0, 0.05) is 5.02 Å². The molecule has 1 saturated heterocycles. The summed E-state index contributed by atoms with van der Waals surface area (Å²) in [5, 5.41) is 1.12. The van der Waals surface area contributed by atoms with E-state index in [-0.39, 0.29) is 35.5 Å². The van der Waals surface area contributed by atoms with Crippen LogP contribution in [0.1, 0.15) is 12.0 Å². The third-order valence-corrected chi connectivity index (χ3v) is 6.73. The first kappa shape index (κ1) is 13.7. The number of imide groups is 1. The van der Waals surface area contributed by atoms with Crippen molar-refractivity contribution in [1.82, 2.24) is 4.98 Å². The van der Waals surface area contributed by atoms with Crippen molar-refractivity contribution in [1.29, 1.82) is 0 Å². The van der Waals surface area contributed by atoms with Crippen molar-refractivity contribution < 1.29 is 9.59 Å². The van der Waals surface area contributed by atoms with Crippen LogP contribution in [0.25, 0.3) is 10.2 Å². The van der Waals surface area contributed by atoms with Gasteiger partial charge in [-0.05, 0) is 42.9 Å². The molecule has 6 heteroatoms. The van der Waals surface area contributed by atoms with E-state index < -0.39 is 0 Å². The fourth-order valence-corrected chi connectivity index (χ4v) is 5.44. The maximum atomic E-state index is 12.8. The summed E-state index contributed by atoms with van der Waals surface area (Å²) in [4.78, 5) is 31.4. The van der Waals surface area contributed by atoms with E-state index in [2.05, 4.69) is 17.1 Å². The van der Waals surface area contributed by atoms with Crippen LogP contribution in [-0.2, 0) is 9.59 Å². The quantitative estimate of drug-likeness (QED) is 0.587. The summed E-state index contributed by atoms with van der Waals surface area (Å²) in [6.45, 7) is 1.93. The van der Waals surface area contributed by atoms with Gasteiger partial charge < -0.3 is 0 Å². The van der Waals surface area contributed by atoms with Crippen LogP contribution in [0.15, 0.2) is 24.3 Å². The lowest BCUT2D eigenvalue weighted by molar-refractivity contribution is -0.123. The van der Waals surface area contributed by atoms with E-state index in [0.29, 0.717) is 10.2 Å². The summed E-state index contributed by atoms with van der Waals surface area (Å²) in [7, 11) is 0. The van der Waals surface area contributed by atoms with Gasteiger partial charge in [0.2, 0.25) is 11.8 Å². The number of carbonyl (C=O) groups is 2. The second-order valence-electron chi connectivity index (χ2n) is 6.58. The Morgan fingerprint density at radius 2 is 1.83 bits per heavy atom. The topological polar surface area (TPSA) is 50.3 Å². The van der Waals surface area contributed by atoms with Crippen molar-refractivity contribution in [2.45, 2.75) is 13.3 Å². The molecule has 0 N–H and O–H groups in total. The summed E-state index contributed by atoms with van der Waals surface area (Å²) < 4.78 is 0.945. The molecule has 0 unspecified atom stereocenters. The number of nitrogens with zero attached hydrogens (tertiary/aromatic N) is 2. The molecule has 2 fully saturated rings. The van der Waals surface area contributed by atoms with Crippen LogP contribution >= 0.6 is 22.9 Å². The summed E-state index contributed by atoms with van der Waals surface area (Å²) in [5.74, 6) is -0.0999. The first-order chi connectivity index (χ1) is 11.0. The van der Waals surface area contributed by atoms with Crippen molar-refractivity contribution in [2.24, 2.45) is 23.7 Å². The second-order valence-corrected chi connectivity index (χ2v) is 7.99. The minimum absolute atomic E-state index is 0.0845. The van der Waals surface area contributed by atoms with Crippen LogP contribution in [0.5, 0.6) is 0 Å². The predicted molar refractivity (Wildman–Crippen MR) is 89.6 cm³/mol. The van der Waals surface area contributed by atoms with Crippen molar-refractivity contribution in [3.05, 3.63) is 34.9 Å². The highest BCUT2D eigenvalue weighted by atomic mass is 35.5. The molecular weight excluding hydrogens is 332 g/mol. The number of aromatic nitrogens is 1. The molecule has 5 rings (SSSR count). The van der Waals surface area contributed by atoms with Crippen LogP contribution < -0.4 is 4.90 Å². The molecule has 2 aliphatic carbocycles. The number of amides is 2. The Bertz CT molecular complexity index is 850. The Hall–Kier alpha value is -1.72. The van der Waals surface area contributed by atoms with Crippen LogP contribution in [0.3, 0.4) is 0 Å². The normalized spacial score (nSPS) is 31.7. The molecule has 116 valence electrons. The molecule has 4 nitrogen and oxygen atoms in total. The van der Waals surface area contributed by atoms with E-state index in [1.165, 1.54) is 16.2 Å². The summed E-state index contributed by atoms with van der Waals surface area (Å²) >= 11 is 7.53. The molecule has 4 atom stereocenters. The molecule has 1 aromatic heterocycles. The van der Waals surface area contributed by atoms with E-state index >= 15 is 0 Å². The van der Waals surface area contributed by atoms with Gasteiger partial charge in [-0.3, -0.25) is 9.59 Å². The standard InChI is InChI=1S/C17H13ClN2O2S/c1-7-4-12-11(6-10(7)18)19-17(23-12)20-15(21)13-8-2-3-9(5-8)14(13)16(20)22/h2-4,6,8-9,13-14H,5H2,1H3/t8-,9+,13-,14-/m0/s1.